The molecule has 0 atom stereocenters. The van der Waals surface area contributed by atoms with Gasteiger partial charge < -0.3 is 14.8 Å². The van der Waals surface area contributed by atoms with Crippen LogP contribution in [0.25, 0.3) is 6.08 Å². The number of hydrogen-bond acceptors (Lipinski definition) is 3. The Hall–Kier alpha value is -2.46. The summed E-state index contributed by atoms with van der Waals surface area (Å²) in [5.41, 5.74) is 1.44. The third-order valence-electron chi connectivity index (χ3n) is 3.20. The van der Waals surface area contributed by atoms with Crippen molar-refractivity contribution in [3.8, 4) is 11.5 Å². The van der Waals surface area contributed by atoms with E-state index < -0.39 is 0 Å². The number of nitrogens with one attached hydrogen (secondary N) is 1. The summed E-state index contributed by atoms with van der Waals surface area (Å²) in [5, 5.41) is 3.28. The van der Waals surface area contributed by atoms with Crippen LogP contribution in [0.15, 0.2) is 48.5 Å². The molecule has 2 aromatic carbocycles. The fourth-order valence-electron chi connectivity index (χ4n) is 2.02. The second-order valence-corrected chi connectivity index (χ2v) is 5.52. The molecule has 2 rings (SSSR count). The largest absolute Gasteiger partial charge is 0.495 e. The van der Waals surface area contributed by atoms with Crippen LogP contribution in [0.2, 0.25) is 5.02 Å². The van der Waals surface area contributed by atoms with E-state index in [1.165, 1.54) is 13.2 Å². The zero-order chi connectivity index (χ0) is 17.4. The minimum atomic E-state index is -0.262. The molecule has 0 aromatic heterocycles. The van der Waals surface area contributed by atoms with Crippen LogP contribution in [0.5, 0.6) is 11.5 Å². The quantitative estimate of drug-likeness (QED) is 0.734. The standard InChI is InChI=1S/C19H20ClNO3/c1-3-12-24-16-8-4-14(5-9-16)6-11-19(22)21-17-13-15(20)7-10-18(17)23-2/h4-11,13H,3,12H2,1-2H3,(H,21,22)/b11-6+. The van der Waals surface area contributed by atoms with Crippen LogP contribution in [0, 0.1) is 0 Å². The van der Waals surface area contributed by atoms with Gasteiger partial charge in [-0.2, -0.15) is 0 Å². The maximum absolute atomic E-state index is 12.1. The summed E-state index contributed by atoms with van der Waals surface area (Å²) in [6.45, 7) is 2.75. The zero-order valence-corrected chi connectivity index (χ0v) is 14.5. The number of amides is 1. The zero-order valence-electron chi connectivity index (χ0n) is 13.7. The van der Waals surface area contributed by atoms with Gasteiger partial charge in [0.05, 0.1) is 19.4 Å². The van der Waals surface area contributed by atoms with Crippen molar-refractivity contribution < 1.29 is 14.3 Å². The molecule has 0 spiro atoms. The summed E-state index contributed by atoms with van der Waals surface area (Å²) in [5.74, 6) is 1.11. The lowest BCUT2D eigenvalue weighted by molar-refractivity contribution is -0.111. The van der Waals surface area contributed by atoms with Crippen molar-refractivity contribution in [3.05, 3.63) is 59.1 Å². The lowest BCUT2D eigenvalue weighted by Gasteiger charge is -2.09. The topological polar surface area (TPSA) is 47.6 Å². The number of rotatable bonds is 7. The van der Waals surface area contributed by atoms with E-state index in [0.29, 0.717) is 23.1 Å². The number of carbonyl (C=O) groups is 1. The molecular weight excluding hydrogens is 326 g/mol. The Balaban J connectivity index is 1.99. The molecule has 0 unspecified atom stereocenters. The Kier molecular flexibility index (Phi) is 6.70. The van der Waals surface area contributed by atoms with Crippen LogP contribution in [0.3, 0.4) is 0 Å². The highest BCUT2D eigenvalue weighted by Crippen LogP contribution is 2.27. The number of benzene rings is 2. The number of halogens is 1. The summed E-state index contributed by atoms with van der Waals surface area (Å²) < 4.78 is 10.7. The highest BCUT2D eigenvalue weighted by Gasteiger charge is 2.06. The summed E-state index contributed by atoms with van der Waals surface area (Å²) >= 11 is 5.94. The van der Waals surface area contributed by atoms with Gasteiger partial charge in [-0.25, -0.2) is 0 Å². The maximum atomic E-state index is 12.1. The second kappa shape index (κ2) is 8.99. The molecule has 2 aromatic rings. The summed E-state index contributed by atoms with van der Waals surface area (Å²) in [7, 11) is 1.54. The molecule has 0 aliphatic rings. The van der Waals surface area contributed by atoms with E-state index in [9.17, 15) is 4.79 Å². The van der Waals surface area contributed by atoms with E-state index in [-0.39, 0.29) is 5.91 Å². The van der Waals surface area contributed by atoms with Crippen molar-refractivity contribution in [1.29, 1.82) is 0 Å². The fourth-order valence-corrected chi connectivity index (χ4v) is 2.19. The van der Waals surface area contributed by atoms with E-state index in [2.05, 4.69) is 12.2 Å². The van der Waals surface area contributed by atoms with Crippen molar-refractivity contribution in [2.24, 2.45) is 0 Å². The molecule has 126 valence electrons. The van der Waals surface area contributed by atoms with Crippen LogP contribution < -0.4 is 14.8 Å². The van der Waals surface area contributed by atoms with E-state index in [0.717, 1.165) is 17.7 Å². The lowest BCUT2D eigenvalue weighted by Crippen LogP contribution is -2.08. The van der Waals surface area contributed by atoms with Gasteiger partial charge in [0.1, 0.15) is 11.5 Å². The Labute approximate surface area is 147 Å². The molecule has 0 saturated heterocycles. The molecule has 24 heavy (non-hydrogen) atoms. The van der Waals surface area contributed by atoms with Crippen LogP contribution in [0.4, 0.5) is 5.69 Å². The monoisotopic (exact) mass is 345 g/mol. The number of methoxy groups -OCH3 is 1. The molecule has 0 aliphatic carbocycles. The second-order valence-electron chi connectivity index (χ2n) is 5.08. The predicted molar refractivity (Wildman–Crippen MR) is 97.9 cm³/mol. The van der Waals surface area contributed by atoms with Crippen molar-refractivity contribution in [2.75, 3.05) is 19.0 Å². The SMILES string of the molecule is CCCOc1ccc(/C=C/C(=O)Nc2cc(Cl)ccc2OC)cc1. The lowest BCUT2D eigenvalue weighted by atomic mass is 10.2. The normalized spacial score (nSPS) is 10.6. The molecule has 1 N–H and O–H groups in total. The first-order chi connectivity index (χ1) is 11.6. The molecule has 1 amide bonds. The first kappa shape index (κ1) is 17.9. The number of anilines is 1. The van der Waals surface area contributed by atoms with Crippen molar-refractivity contribution >= 4 is 29.3 Å². The highest BCUT2D eigenvalue weighted by molar-refractivity contribution is 6.31. The van der Waals surface area contributed by atoms with Gasteiger partial charge in [0.25, 0.3) is 0 Å². The number of carbonyl (C=O) groups excluding carboxylic acids is 1. The van der Waals surface area contributed by atoms with E-state index in [1.807, 2.05) is 24.3 Å². The molecule has 4 nitrogen and oxygen atoms in total. The average molecular weight is 346 g/mol. The Bertz CT molecular complexity index is 711. The third-order valence-corrected chi connectivity index (χ3v) is 3.43. The van der Waals surface area contributed by atoms with Crippen molar-refractivity contribution in [1.82, 2.24) is 0 Å². The minimum absolute atomic E-state index is 0.262. The van der Waals surface area contributed by atoms with Gasteiger partial charge in [0.2, 0.25) is 5.91 Å². The average Bonchev–Trinajstić information content (AvgIpc) is 2.59. The first-order valence-corrected chi connectivity index (χ1v) is 8.05. The highest BCUT2D eigenvalue weighted by atomic mass is 35.5. The fraction of sp³-hybridized carbons (Fsp3) is 0.211. The van der Waals surface area contributed by atoms with E-state index >= 15 is 0 Å². The van der Waals surface area contributed by atoms with Gasteiger partial charge in [-0.05, 0) is 48.4 Å². The van der Waals surface area contributed by atoms with Gasteiger partial charge in [-0.1, -0.05) is 30.7 Å². The van der Waals surface area contributed by atoms with Gasteiger partial charge in [0.15, 0.2) is 0 Å². The van der Waals surface area contributed by atoms with E-state index in [1.54, 1.807) is 24.3 Å². The third kappa shape index (κ3) is 5.32. The van der Waals surface area contributed by atoms with Gasteiger partial charge >= 0.3 is 0 Å². The molecule has 0 heterocycles. The Morgan fingerprint density at radius 1 is 1.21 bits per heavy atom. The van der Waals surface area contributed by atoms with Crippen LogP contribution >= 0.6 is 11.6 Å². The molecule has 0 saturated carbocycles. The summed E-state index contributed by atoms with van der Waals surface area (Å²) in [6, 6.07) is 12.6. The first-order valence-electron chi connectivity index (χ1n) is 7.68. The Morgan fingerprint density at radius 3 is 2.62 bits per heavy atom. The number of ether oxygens (including phenoxy) is 2. The molecule has 5 heteroatoms. The van der Waals surface area contributed by atoms with Gasteiger partial charge in [0, 0.05) is 11.1 Å². The van der Waals surface area contributed by atoms with Gasteiger partial charge in [-0.3, -0.25) is 4.79 Å². The van der Waals surface area contributed by atoms with Crippen molar-refractivity contribution in [3.63, 3.8) is 0 Å². The van der Waals surface area contributed by atoms with Crippen LogP contribution in [-0.2, 0) is 4.79 Å². The van der Waals surface area contributed by atoms with Crippen LogP contribution in [0.1, 0.15) is 18.9 Å². The van der Waals surface area contributed by atoms with Gasteiger partial charge in [-0.15, -0.1) is 0 Å². The minimum Gasteiger partial charge on any atom is -0.495 e. The molecule has 0 radical (unpaired) electrons. The maximum Gasteiger partial charge on any atom is 0.248 e. The van der Waals surface area contributed by atoms with Crippen molar-refractivity contribution in [2.45, 2.75) is 13.3 Å². The molecular formula is C19H20ClNO3. The Morgan fingerprint density at radius 2 is 1.96 bits per heavy atom. The van der Waals surface area contributed by atoms with E-state index in [4.69, 9.17) is 21.1 Å². The summed E-state index contributed by atoms with van der Waals surface area (Å²) in [6.07, 6.45) is 4.16. The molecule has 0 bridgehead atoms. The predicted octanol–water partition coefficient (Wildman–Crippen LogP) is 4.79. The number of hydrogen-bond donors (Lipinski definition) is 1. The smallest absolute Gasteiger partial charge is 0.248 e. The summed E-state index contributed by atoms with van der Waals surface area (Å²) in [4.78, 5) is 12.1. The molecule has 0 fully saturated rings. The molecule has 0 aliphatic heterocycles. The van der Waals surface area contributed by atoms with Crippen LogP contribution in [-0.4, -0.2) is 19.6 Å².